The Morgan fingerprint density at radius 1 is 1.11 bits per heavy atom. The molecule has 1 aliphatic carbocycles. The SMILES string of the molecule is COc1ccc(-c2csc(NC(=O)CCSc3nc4c(cc3C#N)CCCCCC4)n2)cc1OC. The molecule has 4 rings (SSSR count). The number of methoxy groups -OCH3 is 2. The third-order valence-electron chi connectivity index (χ3n) is 5.88. The molecule has 9 heteroatoms. The van der Waals surface area contributed by atoms with Gasteiger partial charge in [-0.05, 0) is 55.5 Å². The number of aromatic nitrogens is 2. The first kappa shape index (κ1) is 25.0. The second-order valence-electron chi connectivity index (χ2n) is 8.23. The third kappa shape index (κ3) is 6.32. The molecule has 1 aromatic carbocycles. The summed E-state index contributed by atoms with van der Waals surface area (Å²) in [6, 6.07) is 9.88. The van der Waals surface area contributed by atoms with Crippen molar-refractivity contribution < 1.29 is 14.3 Å². The second-order valence-corrected chi connectivity index (χ2v) is 10.2. The van der Waals surface area contributed by atoms with Crippen LogP contribution in [0.3, 0.4) is 0 Å². The normalized spacial score (nSPS) is 13.2. The lowest BCUT2D eigenvalue weighted by atomic mass is 9.96. The molecule has 0 unspecified atom stereocenters. The van der Waals surface area contributed by atoms with Gasteiger partial charge in [-0.3, -0.25) is 4.79 Å². The molecule has 0 radical (unpaired) electrons. The van der Waals surface area contributed by atoms with Gasteiger partial charge in [-0.1, -0.05) is 12.8 Å². The molecular weight excluding hydrogens is 480 g/mol. The Hall–Kier alpha value is -3.09. The summed E-state index contributed by atoms with van der Waals surface area (Å²) in [5.41, 5.74) is 4.56. The first-order valence-corrected chi connectivity index (χ1v) is 13.5. The van der Waals surface area contributed by atoms with E-state index >= 15 is 0 Å². The van der Waals surface area contributed by atoms with Gasteiger partial charge in [-0.25, -0.2) is 9.97 Å². The van der Waals surface area contributed by atoms with Crippen LogP contribution in [0.2, 0.25) is 0 Å². The molecule has 0 fully saturated rings. The number of nitriles is 1. The van der Waals surface area contributed by atoms with Gasteiger partial charge in [-0.15, -0.1) is 23.1 Å². The minimum absolute atomic E-state index is 0.115. The molecule has 1 amide bonds. The molecule has 2 aromatic heterocycles. The number of nitrogens with zero attached hydrogens (tertiary/aromatic N) is 3. The summed E-state index contributed by atoms with van der Waals surface area (Å²) >= 11 is 2.84. The van der Waals surface area contributed by atoms with E-state index in [4.69, 9.17) is 14.5 Å². The molecule has 0 atom stereocenters. The summed E-state index contributed by atoms with van der Waals surface area (Å²) in [4.78, 5) is 21.9. The third-order valence-corrected chi connectivity index (χ3v) is 7.63. The maximum absolute atomic E-state index is 12.5. The van der Waals surface area contributed by atoms with E-state index in [0.717, 1.165) is 47.7 Å². The van der Waals surface area contributed by atoms with Crippen LogP contribution in [0, 0.1) is 11.3 Å². The van der Waals surface area contributed by atoms with Crippen molar-refractivity contribution >= 4 is 34.1 Å². The van der Waals surface area contributed by atoms with Crippen LogP contribution in [-0.4, -0.2) is 35.8 Å². The van der Waals surface area contributed by atoms with Gasteiger partial charge in [-0.2, -0.15) is 5.26 Å². The maximum Gasteiger partial charge on any atom is 0.226 e. The smallest absolute Gasteiger partial charge is 0.226 e. The molecule has 0 spiro atoms. The highest BCUT2D eigenvalue weighted by Gasteiger charge is 2.15. The minimum Gasteiger partial charge on any atom is -0.493 e. The van der Waals surface area contributed by atoms with E-state index in [0.29, 0.717) is 34.4 Å². The highest BCUT2D eigenvalue weighted by molar-refractivity contribution is 7.99. The van der Waals surface area contributed by atoms with E-state index in [2.05, 4.69) is 16.4 Å². The van der Waals surface area contributed by atoms with Crippen LogP contribution >= 0.6 is 23.1 Å². The Bertz CT molecular complexity index is 1240. The van der Waals surface area contributed by atoms with E-state index in [-0.39, 0.29) is 5.91 Å². The molecule has 3 aromatic rings. The van der Waals surface area contributed by atoms with Crippen molar-refractivity contribution in [3.63, 3.8) is 0 Å². The molecule has 1 aliphatic rings. The first-order chi connectivity index (χ1) is 17.1. The van der Waals surface area contributed by atoms with E-state index in [9.17, 15) is 10.1 Å². The molecule has 35 heavy (non-hydrogen) atoms. The average molecular weight is 509 g/mol. The zero-order valence-corrected chi connectivity index (χ0v) is 21.6. The monoisotopic (exact) mass is 508 g/mol. The molecular formula is C26H28N4O3S2. The fourth-order valence-corrected chi connectivity index (χ4v) is 5.69. The van der Waals surface area contributed by atoms with Crippen LogP contribution in [0.5, 0.6) is 11.5 Å². The summed E-state index contributed by atoms with van der Waals surface area (Å²) < 4.78 is 10.6. The Kier molecular flexibility index (Phi) is 8.61. The predicted octanol–water partition coefficient (Wildman–Crippen LogP) is 5.87. The highest BCUT2D eigenvalue weighted by atomic mass is 32.2. The molecule has 1 N–H and O–H groups in total. The number of fused-ring (bicyclic) bond motifs is 1. The summed E-state index contributed by atoms with van der Waals surface area (Å²) in [7, 11) is 3.19. The Morgan fingerprint density at radius 3 is 2.69 bits per heavy atom. The molecule has 0 aliphatic heterocycles. The topological polar surface area (TPSA) is 97.1 Å². The number of ether oxygens (including phenoxy) is 2. The number of thiazole rings is 1. The van der Waals surface area contributed by atoms with E-state index in [1.807, 2.05) is 29.6 Å². The largest absolute Gasteiger partial charge is 0.493 e. The summed E-state index contributed by atoms with van der Waals surface area (Å²) in [5, 5.41) is 15.6. The van der Waals surface area contributed by atoms with E-state index in [1.54, 1.807) is 14.2 Å². The number of thioether (sulfide) groups is 1. The number of pyridine rings is 1. The zero-order valence-electron chi connectivity index (χ0n) is 19.9. The summed E-state index contributed by atoms with van der Waals surface area (Å²) in [6.07, 6.45) is 7.01. The van der Waals surface area contributed by atoms with Crippen molar-refractivity contribution in [3.05, 3.63) is 46.5 Å². The van der Waals surface area contributed by atoms with Crippen molar-refractivity contribution in [2.45, 2.75) is 50.0 Å². The highest BCUT2D eigenvalue weighted by Crippen LogP contribution is 2.33. The number of aryl methyl sites for hydroxylation is 2. The van der Waals surface area contributed by atoms with Crippen LogP contribution in [0.4, 0.5) is 5.13 Å². The second kappa shape index (κ2) is 12.0. The van der Waals surface area contributed by atoms with Gasteiger partial charge in [0.25, 0.3) is 0 Å². The molecule has 2 heterocycles. The quantitative estimate of drug-likeness (QED) is 0.380. The lowest BCUT2D eigenvalue weighted by Crippen LogP contribution is -2.12. The number of nitrogens with one attached hydrogen (secondary N) is 1. The average Bonchev–Trinajstić information content (AvgIpc) is 3.32. The molecule has 0 bridgehead atoms. The summed E-state index contributed by atoms with van der Waals surface area (Å²) in [5.74, 6) is 1.70. The van der Waals surface area contributed by atoms with Gasteiger partial charge < -0.3 is 14.8 Å². The number of rotatable bonds is 8. The van der Waals surface area contributed by atoms with Gasteiger partial charge >= 0.3 is 0 Å². The predicted molar refractivity (Wildman–Crippen MR) is 139 cm³/mol. The number of amides is 1. The number of anilines is 1. The van der Waals surface area contributed by atoms with Crippen molar-refractivity contribution in [1.82, 2.24) is 9.97 Å². The number of hydrogen-bond donors (Lipinski definition) is 1. The minimum atomic E-state index is -0.115. The lowest BCUT2D eigenvalue weighted by molar-refractivity contribution is -0.115. The number of hydrogen-bond acceptors (Lipinski definition) is 8. The van der Waals surface area contributed by atoms with Crippen LogP contribution in [-0.2, 0) is 17.6 Å². The molecule has 7 nitrogen and oxygen atoms in total. The lowest BCUT2D eigenvalue weighted by Gasteiger charge is -2.15. The van der Waals surface area contributed by atoms with Crippen LogP contribution in [0.1, 0.15) is 48.9 Å². The van der Waals surface area contributed by atoms with Crippen LogP contribution < -0.4 is 14.8 Å². The Labute approximate surface area is 213 Å². The number of benzene rings is 1. The Morgan fingerprint density at radius 2 is 1.91 bits per heavy atom. The van der Waals surface area contributed by atoms with Crippen molar-refractivity contribution in [2.24, 2.45) is 0 Å². The molecule has 0 saturated heterocycles. The van der Waals surface area contributed by atoms with Crippen molar-refractivity contribution in [1.29, 1.82) is 5.26 Å². The number of carbonyl (C=O) groups excluding carboxylic acids is 1. The summed E-state index contributed by atoms with van der Waals surface area (Å²) in [6.45, 7) is 0. The van der Waals surface area contributed by atoms with Crippen molar-refractivity contribution in [2.75, 3.05) is 25.3 Å². The fourth-order valence-electron chi connectivity index (χ4n) is 4.04. The van der Waals surface area contributed by atoms with Gasteiger partial charge in [0.15, 0.2) is 16.6 Å². The molecule has 0 saturated carbocycles. The first-order valence-electron chi connectivity index (χ1n) is 11.6. The van der Waals surface area contributed by atoms with Gasteiger partial charge in [0.05, 0.1) is 25.5 Å². The molecule has 182 valence electrons. The van der Waals surface area contributed by atoms with E-state index < -0.39 is 0 Å². The zero-order chi connectivity index (χ0) is 24.6. The Balaban J connectivity index is 1.35. The number of carbonyl (C=O) groups is 1. The fraction of sp³-hybridized carbons (Fsp3) is 0.385. The maximum atomic E-state index is 12.5. The van der Waals surface area contributed by atoms with Gasteiger partial charge in [0.2, 0.25) is 5.91 Å². The van der Waals surface area contributed by atoms with E-state index in [1.165, 1.54) is 41.5 Å². The van der Waals surface area contributed by atoms with Crippen LogP contribution in [0.25, 0.3) is 11.3 Å². The van der Waals surface area contributed by atoms with Crippen molar-refractivity contribution in [3.8, 4) is 28.8 Å². The standard InChI is InChI=1S/C26H28N4O3S2/c1-32-22-10-9-18(14-23(22)33-2)21-16-35-26(29-21)30-24(31)11-12-34-25-19(15-27)13-17-7-5-3-4-6-8-20(17)28-25/h9-10,13-14,16H,3-8,11-12H2,1-2H3,(H,29,30,31). The van der Waals surface area contributed by atoms with Gasteiger partial charge in [0.1, 0.15) is 11.1 Å². The van der Waals surface area contributed by atoms with Gasteiger partial charge in [0, 0.05) is 28.8 Å². The van der Waals surface area contributed by atoms with Crippen LogP contribution in [0.15, 0.2) is 34.7 Å².